The highest BCUT2D eigenvalue weighted by Gasteiger charge is 2.27. The minimum Gasteiger partial charge on any atom is -0.369 e. The second-order valence-corrected chi connectivity index (χ2v) is 8.50. The number of benzene rings is 1. The average Bonchev–Trinajstić information content (AvgIpc) is 3.31. The zero-order valence-electron chi connectivity index (χ0n) is 17.2. The summed E-state index contributed by atoms with van der Waals surface area (Å²) in [6.45, 7) is 12.6. The van der Waals surface area contributed by atoms with Crippen LogP contribution >= 0.6 is 0 Å². The van der Waals surface area contributed by atoms with E-state index < -0.39 is 0 Å². The Bertz CT molecular complexity index is 788. The molecule has 3 heteroatoms. The Kier molecular flexibility index (Phi) is 5.49. The first-order chi connectivity index (χ1) is 13.1. The van der Waals surface area contributed by atoms with Gasteiger partial charge in [-0.3, -0.25) is 4.98 Å². The molecule has 4 rings (SSSR count). The first-order valence-electron chi connectivity index (χ1n) is 10.6. The van der Waals surface area contributed by atoms with Gasteiger partial charge in [0.25, 0.3) is 0 Å². The summed E-state index contributed by atoms with van der Waals surface area (Å²) in [4.78, 5) is 10.1. The lowest BCUT2D eigenvalue weighted by atomic mass is 9.96. The van der Waals surface area contributed by atoms with E-state index in [1.807, 2.05) is 0 Å². The third-order valence-corrected chi connectivity index (χ3v) is 6.12. The molecule has 144 valence electrons. The Morgan fingerprint density at radius 3 is 2.52 bits per heavy atom. The fraction of sp³-hybridized carbons (Fsp3) is 0.542. The van der Waals surface area contributed by atoms with E-state index in [9.17, 15) is 0 Å². The van der Waals surface area contributed by atoms with E-state index in [0.29, 0.717) is 0 Å². The average molecular weight is 364 g/mol. The molecule has 3 nitrogen and oxygen atoms in total. The molecule has 1 aliphatic carbocycles. The van der Waals surface area contributed by atoms with Crippen LogP contribution in [-0.4, -0.2) is 42.6 Å². The molecule has 1 aromatic carbocycles. The predicted molar refractivity (Wildman–Crippen MR) is 114 cm³/mol. The summed E-state index contributed by atoms with van der Waals surface area (Å²) in [7, 11) is 0. The van der Waals surface area contributed by atoms with Crippen LogP contribution in [0.25, 0.3) is 11.1 Å². The van der Waals surface area contributed by atoms with E-state index in [1.165, 1.54) is 74.2 Å². The van der Waals surface area contributed by atoms with Crippen LogP contribution < -0.4 is 4.90 Å². The molecule has 27 heavy (non-hydrogen) atoms. The largest absolute Gasteiger partial charge is 0.369 e. The van der Waals surface area contributed by atoms with Crippen LogP contribution in [0, 0.1) is 26.7 Å². The molecule has 2 fully saturated rings. The Hall–Kier alpha value is -1.87. The second-order valence-electron chi connectivity index (χ2n) is 8.50. The molecule has 2 aromatic rings. The molecule has 0 spiro atoms. The fourth-order valence-electron chi connectivity index (χ4n) is 4.43. The maximum absolute atomic E-state index is 4.83. The fourth-order valence-corrected chi connectivity index (χ4v) is 4.43. The van der Waals surface area contributed by atoms with Crippen molar-refractivity contribution in [1.29, 1.82) is 0 Å². The molecular formula is C24H33N3. The summed E-state index contributed by atoms with van der Waals surface area (Å²) in [6, 6.07) is 11.1. The molecule has 0 atom stereocenters. The van der Waals surface area contributed by atoms with Crippen LogP contribution in [-0.2, 0) is 0 Å². The van der Waals surface area contributed by atoms with Crippen molar-refractivity contribution in [2.75, 3.05) is 37.6 Å². The SMILES string of the molecule is Cc1cc(N(CCN2CCCC2)CC2CC2)c(-c2ccccc2C)c(C)n1. The van der Waals surface area contributed by atoms with Crippen LogP contribution in [0.2, 0.25) is 0 Å². The van der Waals surface area contributed by atoms with Crippen molar-refractivity contribution in [2.45, 2.75) is 46.5 Å². The van der Waals surface area contributed by atoms with Crippen LogP contribution in [0.3, 0.4) is 0 Å². The van der Waals surface area contributed by atoms with Gasteiger partial charge in [0.1, 0.15) is 0 Å². The maximum Gasteiger partial charge on any atom is 0.0483 e. The van der Waals surface area contributed by atoms with E-state index in [0.717, 1.165) is 23.9 Å². The monoisotopic (exact) mass is 363 g/mol. The van der Waals surface area contributed by atoms with Crippen molar-refractivity contribution < 1.29 is 0 Å². The zero-order valence-corrected chi connectivity index (χ0v) is 17.2. The summed E-state index contributed by atoms with van der Waals surface area (Å²) in [5.41, 5.74) is 7.67. The van der Waals surface area contributed by atoms with Gasteiger partial charge in [-0.05, 0) is 82.7 Å². The van der Waals surface area contributed by atoms with Crippen LogP contribution in [0.5, 0.6) is 0 Å². The number of rotatable bonds is 7. The predicted octanol–water partition coefficient (Wildman–Crippen LogP) is 4.99. The Labute approximate surface area is 164 Å². The van der Waals surface area contributed by atoms with E-state index in [-0.39, 0.29) is 0 Å². The smallest absolute Gasteiger partial charge is 0.0483 e. The standard InChI is InChI=1S/C24H33N3/c1-18-8-4-5-9-22(18)24-20(3)25-19(2)16-23(24)27(17-21-10-11-21)15-14-26-12-6-7-13-26/h4-5,8-9,16,21H,6-7,10-15,17H2,1-3H3. The molecule has 0 bridgehead atoms. The lowest BCUT2D eigenvalue weighted by molar-refractivity contribution is 0.344. The quantitative estimate of drug-likeness (QED) is 0.691. The molecule has 1 aliphatic heterocycles. The van der Waals surface area contributed by atoms with Gasteiger partial charge in [0.05, 0.1) is 0 Å². The van der Waals surface area contributed by atoms with Gasteiger partial charge in [0.15, 0.2) is 0 Å². The highest BCUT2D eigenvalue weighted by atomic mass is 15.2. The van der Waals surface area contributed by atoms with Crippen molar-refractivity contribution in [3.05, 3.63) is 47.3 Å². The van der Waals surface area contributed by atoms with Gasteiger partial charge < -0.3 is 9.80 Å². The van der Waals surface area contributed by atoms with E-state index >= 15 is 0 Å². The summed E-state index contributed by atoms with van der Waals surface area (Å²) in [5, 5.41) is 0. The lowest BCUT2D eigenvalue weighted by Gasteiger charge is -2.30. The summed E-state index contributed by atoms with van der Waals surface area (Å²) >= 11 is 0. The van der Waals surface area contributed by atoms with Gasteiger partial charge >= 0.3 is 0 Å². The van der Waals surface area contributed by atoms with Gasteiger partial charge in [-0.2, -0.15) is 0 Å². The van der Waals surface area contributed by atoms with Gasteiger partial charge in [0, 0.05) is 42.3 Å². The molecule has 1 saturated carbocycles. The topological polar surface area (TPSA) is 19.4 Å². The normalized spacial score (nSPS) is 17.4. The molecule has 1 aromatic heterocycles. The minimum atomic E-state index is 0.877. The van der Waals surface area contributed by atoms with Gasteiger partial charge in [-0.25, -0.2) is 0 Å². The highest BCUT2D eigenvalue weighted by Crippen LogP contribution is 2.38. The molecule has 2 aliphatic rings. The molecule has 0 radical (unpaired) electrons. The summed E-state index contributed by atoms with van der Waals surface area (Å²) in [5.74, 6) is 0.877. The van der Waals surface area contributed by atoms with Crippen molar-refractivity contribution in [3.8, 4) is 11.1 Å². The van der Waals surface area contributed by atoms with Crippen LogP contribution in [0.1, 0.15) is 42.6 Å². The van der Waals surface area contributed by atoms with Gasteiger partial charge in [-0.1, -0.05) is 24.3 Å². The van der Waals surface area contributed by atoms with Crippen molar-refractivity contribution in [1.82, 2.24) is 9.88 Å². The Morgan fingerprint density at radius 1 is 1.07 bits per heavy atom. The highest BCUT2D eigenvalue weighted by molar-refractivity contribution is 5.82. The third kappa shape index (κ3) is 4.35. The maximum atomic E-state index is 4.83. The Balaban J connectivity index is 1.70. The first kappa shape index (κ1) is 18.5. The van der Waals surface area contributed by atoms with Crippen LogP contribution in [0.4, 0.5) is 5.69 Å². The number of aromatic nitrogens is 1. The Morgan fingerprint density at radius 2 is 1.81 bits per heavy atom. The second kappa shape index (κ2) is 8.02. The number of hydrogen-bond acceptors (Lipinski definition) is 3. The third-order valence-electron chi connectivity index (χ3n) is 6.12. The number of hydrogen-bond donors (Lipinski definition) is 0. The molecule has 2 heterocycles. The first-order valence-corrected chi connectivity index (χ1v) is 10.6. The molecule has 0 unspecified atom stereocenters. The van der Waals surface area contributed by atoms with E-state index in [4.69, 9.17) is 4.98 Å². The minimum absolute atomic E-state index is 0.877. The number of aryl methyl sites for hydroxylation is 3. The van der Waals surface area contributed by atoms with Crippen molar-refractivity contribution >= 4 is 5.69 Å². The van der Waals surface area contributed by atoms with Gasteiger partial charge in [0.2, 0.25) is 0 Å². The van der Waals surface area contributed by atoms with Crippen LogP contribution in [0.15, 0.2) is 30.3 Å². The zero-order chi connectivity index (χ0) is 18.8. The van der Waals surface area contributed by atoms with E-state index in [2.05, 4.69) is 60.9 Å². The summed E-state index contributed by atoms with van der Waals surface area (Å²) < 4.78 is 0. The molecular weight excluding hydrogens is 330 g/mol. The van der Waals surface area contributed by atoms with E-state index in [1.54, 1.807) is 0 Å². The lowest BCUT2D eigenvalue weighted by Crippen LogP contribution is -2.35. The van der Waals surface area contributed by atoms with Gasteiger partial charge in [-0.15, -0.1) is 0 Å². The number of pyridine rings is 1. The number of likely N-dealkylation sites (tertiary alicyclic amines) is 1. The van der Waals surface area contributed by atoms with Crippen molar-refractivity contribution in [2.24, 2.45) is 5.92 Å². The molecule has 0 N–H and O–H groups in total. The summed E-state index contributed by atoms with van der Waals surface area (Å²) in [6.07, 6.45) is 5.51. The molecule has 1 saturated heterocycles. The number of nitrogens with zero attached hydrogens (tertiary/aromatic N) is 3. The number of anilines is 1. The van der Waals surface area contributed by atoms with Crippen molar-refractivity contribution in [3.63, 3.8) is 0 Å². The molecule has 0 amide bonds.